The summed E-state index contributed by atoms with van der Waals surface area (Å²) in [7, 11) is -3.99. The number of benzene rings is 3. The van der Waals surface area contributed by atoms with E-state index in [0.29, 0.717) is 12.0 Å². The van der Waals surface area contributed by atoms with Gasteiger partial charge in [0.2, 0.25) is 5.91 Å². The van der Waals surface area contributed by atoms with Gasteiger partial charge in [-0.3, -0.25) is 4.79 Å². The van der Waals surface area contributed by atoms with Gasteiger partial charge < -0.3 is 0 Å². The Hall–Kier alpha value is -3.43. The molecule has 1 aliphatic rings. The molecule has 6 heteroatoms. The largest absolute Gasteiger partial charge is 0.273 e. The van der Waals surface area contributed by atoms with Crippen LogP contribution in [0.2, 0.25) is 0 Å². The Labute approximate surface area is 176 Å². The predicted molar refractivity (Wildman–Crippen MR) is 113 cm³/mol. The number of rotatable bonds is 4. The van der Waals surface area contributed by atoms with Crippen molar-refractivity contribution in [1.82, 2.24) is 4.72 Å². The number of nitrogens with zero attached hydrogens (tertiary/aromatic N) is 1. The summed E-state index contributed by atoms with van der Waals surface area (Å²) in [4.78, 5) is 13.4. The lowest BCUT2D eigenvalue weighted by Crippen LogP contribution is -2.44. The van der Waals surface area contributed by atoms with Gasteiger partial charge >= 0.3 is 0 Å². The second-order valence-corrected chi connectivity index (χ2v) is 9.39. The number of carbonyl (C=O) groups excluding carboxylic acids is 1. The average molecular weight is 417 g/mol. The molecule has 0 saturated heterocycles. The van der Waals surface area contributed by atoms with Crippen molar-refractivity contribution in [3.63, 3.8) is 0 Å². The first-order chi connectivity index (χ1) is 14.3. The van der Waals surface area contributed by atoms with Gasteiger partial charge in [-0.1, -0.05) is 54.6 Å². The average Bonchev–Trinajstić information content (AvgIpc) is 3.07. The minimum absolute atomic E-state index is 0.0421. The van der Waals surface area contributed by atoms with Crippen LogP contribution in [0.3, 0.4) is 0 Å². The van der Waals surface area contributed by atoms with Gasteiger partial charge in [0.15, 0.2) is 0 Å². The van der Waals surface area contributed by atoms with Crippen molar-refractivity contribution in [3.8, 4) is 6.07 Å². The van der Waals surface area contributed by atoms with Crippen LogP contribution in [0.1, 0.15) is 35.1 Å². The Balaban J connectivity index is 1.77. The molecule has 0 bridgehead atoms. The molecule has 3 aromatic rings. The lowest BCUT2D eigenvalue weighted by atomic mass is 9.73. The number of amides is 1. The zero-order valence-corrected chi connectivity index (χ0v) is 17.2. The van der Waals surface area contributed by atoms with E-state index in [1.165, 1.54) is 12.1 Å². The maximum absolute atomic E-state index is 13.4. The highest BCUT2D eigenvalue weighted by Gasteiger charge is 2.49. The van der Waals surface area contributed by atoms with Crippen LogP contribution >= 0.6 is 0 Å². The number of nitriles is 1. The molecular weight excluding hydrogens is 396 g/mol. The fourth-order valence-electron chi connectivity index (χ4n) is 4.24. The van der Waals surface area contributed by atoms with Gasteiger partial charge in [-0.05, 0) is 54.3 Å². The third-order valence-electron chi connectivity index (χ3n) is 5.71. The number of nitrogens with one attached hydrogen (secondary N) is 1. The standard InChI is InChI=1S/C24H20N2O3S/c1-24(23(27)26-30(28,29)20-10-6-3-7-11-20)15-19-13-12-17(16-25)14-21(19)22(24)18-8-4-2-5-9-18/h2-14,22H,15H2,1H3,(H,26,27)/t22-,24+/m0/s1. The summed E-state index contributed by atoms with van der Waals surface area (Å²) in [6, 6.07) is 24.9. The Bertz CT molecular complexity index is 1250. The van der Waals surface area contributed by atoms with Crippen LogP contribution in [0.5, 0.6) is 0 Å². The number of fused-ring (bicyclic) bond motifs is 1. The highest BCUT2D eigenvalue weighted by Crippen LogP contribution is 2.51. The molecule has 1 N–H and O–H groups in total. The van der Waals surface area contributed by atoms with Gasteiger partial charge in [0.25, 0.3) is 10.0 Å². The maximum atomic E-state index is 13.4. The second-order valence-electron chi connectivity index (χ2n) is 7.71. The fraction of sp³-hybridized carbons (Fsp3) is 0.167. The molecule has 0 spiro atoms. The van der Waals surface area contributed by atoms with Crippen molar-refractivity contribution in [2.45, 2.75) is 24.2 Å². The third-order valence-corrected chi connectivity index (χ3v) is 7.06. The lowest BCUT2D eigenvalue weighted by Gasteiger charge is -2.31. The molecule has 30 heavy (non-hydrogen) atoms. The quantitative estimate of drug-likeness (QED) is 0.702. The number of sulfonamides is 1. The number of hydrogen-bond acceptors (Lipinski definition) is 4. The molecule has 0 fully saturated rings. The summed E-state index contributed by atoms with van der Waals surface area (Å²) in [6.07, 6.45) is 0.379. The van der Waals surface area contributed by atoms with E-state index in [0.717, 1.165) is 16.7 Å². The van der Waals surface area contributed by atoms with E-state index < -0.39 is 21.3 Å². The Morgan fingerprint density at radius 2 is 1.67 bits per heavy atom. The zero-order valence-electron chi connectivity index (χ0n) is 16.4. The van der Waals surface area contributed by atoms with Crippen molar-refractivity contribution in [1.29, 1.82) is 5.26 Å². The highest BCUT2D eigenvalue weighted by atomic mass is 32.2. The molecule has 0 heterocycles. The lowest BCUT2D eigenvalue weighted by molar-refractivity contribution is -0.128. The molecule has 0 saturated carbocycles. The molecule has 1 amide bonds. The van der Waals surface area contributed by atoms with Crippen molar-refractivity contribution >= 4 is 15.9 Å². The van der Waals surface area contributed by atoms with Crippen molar-refractivity contribution in [3.05, 3.63) is 101 Å². The first-order valence-corrected chi connectivity index (χ1v) is 11.0. The predicted octanol–water partition coefficient (Wildman–Crippen LogP) is 3.76. The molecule has 5 nitrogen and oxygen atoms in total. The molecule has 3 aromatic carbocycles. The van der Waals surface area contributed by atoms with E-state index in [1.807, 2.05) is 36.4 Å². The summed E-state index contributed by atoms with van der Waals surface area (Å²) in [5, 5.41) is 9.34. The van der Waals surface area contributed by atoms with E-state index in [-0.39, 0.29) is 10.8 Å². The monoisotopic (exact) mass is 416 g/mol. The van der Waals surface area contributed by atoms with Crippen LogP contribution in [0.4, 0.5) is 0 Å². The highest BCUT2D eigenvalue weighted by molar-refractivity contribution is 7.90. The molecule has 0 aliphatic heterocycles. The summed E-state index contributed by atoms with van der Waals surface area (Å²) in [5.74, 6) is -0.928. The van der Waals surface area contributed by atoms with E-state index in [9.17, 15) is 18.5 Å². The normalized spacial score (nSPS) is 20.2. The fourth-order valence-corrected chi connectivity index (χ4v) is 5.35. The van der Waals surface area contributed by atoms with E-state index >= 15 is 0 Å². The summed E-state index contributed by atoms with van der Waals surface area (Å²) in [6.45, 7) is 1.78. The van der Waals surface area contributed by atoms with Gasteiger partial charge in [-0.25, -0.2) is 13.1 Å². The summed E-state index contributed by atoms with van der Waals surface area (Å²) in [5.41, 5.74) is 2.21. The Morgan fingerprint density at radius 3 is 2.30 bits per heavy atom. The molecule has 0 unspecified atom stereocenters. The molecule has 1 aliphatic carbocycles. The minimum atomic E-state index is -3.99. The summed E-state index contributed by atoms with van der Waals surface area (Å²) < 4.78 is 27.9. The third kappa shape index (κ3) is 3.38. The van der Waals surface area contributed by atoms with Crippen LogP contribution in [-0.4, -0.2) is 14.3 Å². The SMILES string of the molecule is C[C@@]1(C(=O)NS(=O)(=O)c2ccccc2)Cc2ccc(C#N)cc2[C@@H]1c1ccccc1. The number of hydrogen-bond donors (Lipinski definition) is 1. The van der Waals surface area contributed by atoms with Gasteiger partial charge in [0.05, 0.1) is 21.9 Å². The first-order valence-electron chi connectivity index (χ1n) is 9.55. The van der Waals surface area contributed by atoms with Gasteiger partial charge in [0, 0.05) is 5.92 Å². The van der Waals surface area contributed by atoms with Crippen molar-refractivity contribution in [2.75, 3.05) is 0 Å². The van der Waals surface area contributed by atoms with Crippen LogP contribution in [-0.2, 0) is 21.2 Å². The first kappa shape index (κ1) is 19.9. The smallest absolute Gasteiger partial charge is 0.264 e. The molecule has 0 aromatic heterocycles. The molecule has 2 atom stereocenters. The number of carbonyl (C=O) groups is 1. The molecule has 0 radical (unpaired) electrons. The van der Waals surface area contributed by atoms with Crippen LogP contribution < -0.4 is 4.72 Å². The van der Waals surface area contributed by atoms with Crippen molar-refractivity contribution < 1.29 is 13.2 Å². The molecule has 150 valence electrons. The zero-order chi connectivity index (χ0) is 21.4. The van der Waals surface area contributed by atoms with E-state index in [1.54, 1.807) is 37.3 Å². The molecule has 4 rings (SSSR count). The van der Waals surface area contributed by atoms with Crippen LogP contribution in [0.15, 0.2) is 83.8 Å². The minimum Gasteiger partial charge on any atom is -0.273 e. The topological polar surface area (TPSA) is 87.0 Å². The molecular formula is C24H20N2O3S. The summed E-state index contributed by atoms with van der Waals surface area (Å²) >= 11 is 0. The van der Waals surface area contributed by atoms with Gasteiger partial charge in [-0.2, -0.15) is 5.26 Å². The Morgan fingerprint density at radius 1 is 1.03 bits per heavy atom. The second kappa shape index (κ2) is 7.43. The van der Waals surface area contributed by atoms with E-state index in [4.69, 9.17) is 0 Å². The Kier molecular flexibility index (Phi) is 4.92. The van der Waals surface area contributed by atoms with Crippen molar-refractivity contribution in [2.24, 2.45) is 5.41 Å². The van der Waals surface area contributed by atoms with Crippen LogP contribution in [0.25, 0.3) is 0 Å². The van der Waals surface area contributed by atoms with Gasteiger partial charge in [0.1, 0.15) is 0 Å². The van der Waals surface area contributed by atoms with Crippen LogP contribution in [0, 0.1) is 16.7 Å². The van der Waals surface area contributed by atoms with E-state index in [2.05, 4.69) is 10.8 Å². The maximum Gasteiger partial charge on any atom is 0.264 e. The van der Waals surface area contributed by atoms with Gasteiger partial charge in [-0.15, -0.1) is 0 Å².